The third-order valence-electron chi connectivity index (χ3n) is 5.65. The van der Waals surface area contributed by atoms with E-state index in [-0.39, 0.29) is 0 Å². The molecular weight excluding hydrogens is 438 g/mol. The summed E-state index contributed by atoms with van der Waals surface area (Å²) >= 11 is -2.47. The Morgan fingerprint density at radius 2 is 1.81 bits per heavy atom. The second kappa shape index (κ2) is 8.77. The summed E-state index contributed by atoms with van der Waals surface area (Å²) in [5, 5.41) is 0. The van der Waals surface area contributed by atoms with E-state index in [1.54, 1.807) is 0 Å². The van der Waals surface area contributed by atoms with Crippen LogP contribution in [-0.2, 0) is 25.8 Å². The number of hydrogen-bond acceptors (Lipinski definition) is 0. The van der Waals surface area contributed by atoms with Crippen molar-refractivity contribution in [2.75, 3.05) is 0 Å². The Kier molecular flexibility index (Phi) is 6.87. The molecule has 0 aromatic heterocycles. The van der Waals surface area contributed by atoms with Crippen molar-refractivity contribution < 1.29 is 19.4 Å². The summed E-state index contributed by atoms with van der Waals surface area (Å²) in [6.45, 7) is 9.02. The van der Waals surface area contributed by atoms with Gasteiger partial charge < -0.3 is 0 Å². The van der Waals surface area contributed by atoms with Crippen LogP contribution in [0.5, 0.6) is 0 Å². The van der Waals surface area contributed by atoms with Crippen LogP contribution >= 0.6 is 17.0 Å². The Balaban J connectivity index is 2.28. The van der Waals surface area contributed by atoms with E-state index in [2.05, 4.69) is 70.2 Å². The number of rotatable bonds is 6. The Morgan fingerprint density at radius 1 is 1.08 bits per heavy atom. The van der Waals surface area contributed by atoms with E-state index in [0.717, 1.165) is 19.3 Å². The van der Waals surface area contributed by atoms with Crippen molar-refractivity contribution in [2.24, 2.45) is 5.92 Å². The maximum absolute atomic E-state index is 6.66. The quantitative estimate of drug-likeness (QED) is 0.405. The van der Waals surface area contributed by atoms with Gasteiger partial charge in [-0.15, -0.1) is 0 Å². The van der Waals surface area contributed by atoms with Crippen LogP contribution in [0.4, 0.5) is 0 Å². The van der Waals surface area contributed by atoms with Gasteiger partial charge in [-0.05, 0) is 0 Å². The van der Waals surface area contributed by atoms with Crippen LogP contribution in [0.15, 0.2) is 42.0 Å². The second-order valence-corrected chi connectivity index (χ2v) is 16.1. The van der Waals surface area contributed by atoms with E-state index in [4.69, 9.17) is 17.0 Å². The van der Waals surface area contributed by atoms with Crippen molar-refractivity contribution in [3.8, 4) is 11.1 Å². The van der Waals surface area contributed by atoms with Crippen LogP contribution < -0.4 is 0 Å². The topological polar surface area (TPSA) is 0 Å². The van der Waals surface area contributed by atoms with E-state index in [9.17, 15) is 0 Å². The van der Waals surface area contributed by atoms with Gasteiger partial charge in [0.1, 0.15) is 0 Å². The average Bonchev–Trinajstić information content (AvgIpc) is 3.02. The molecule has 2 aromatic rings. The van der Waals surface area contributed by atoms with E-state index in [0.29, 0.717) is 9.54 Å². The molecule has 0 heterocycles. The molecule has 0 spiro atoms. The van der Waals surface area contributed by atoms with Crippen molar-refractivity contribution >= 4 is 23.1 Å². The molecule has 0 radical (unpaired) electrons. The maximum atomic E-state index is 6.66. The molecule has 137 valence electrons. The third-order valence-corrected chi connectivity index (χ3v) is 10.9. The average molecular weight is 466 g/mol. The molecule has 2 aromatic carbocycles. The first-order valence-electron chi connectivity index (χ1n) is 9.60. The predicted octanol–water partition coefficient (Wildman–Crippen LogP) is 8.02. The molecule has 0 fully saturated rings. The first kappa shape index (κ1) is 20.4. The van der Waals surface area contributed by atoms with Crippen LogP contribution in [0.2, 0.25) is 0 Å². The second-order valence-electron chi connectivity index (χ2n) is 7.34. The number of benzene rings is 2. The Hall–Kier alpha value is -0.357. The third kappa shape index (κ3) is 3.78. The Labute approximate surface area is 173 Å². The van der Waals surface area contributed by atoms with E-state index in [1.165, 1.54) is 39.0 Å². The van der Waals surface area contributed by atoms with Crippen molar-refractivity contribution in [2.45, 2.75) is 50.6 Å². The SMILES string of the molecule is CCCc1ccc2c(c1-c1ccccc1C)C=C(C(C)CC)[CH]2[Zr]([Cl])[Cl]. The van der Waals surface area contributed by atoms with Crippen LogP contribution in [-0.4, -0.2) is 0 Å². The summed E-state index contributed by atoms with van der Waals surface area (Å²) in [6.07, 6.45) is 5.80. The molecule has 0 saturated heterocycles. The van der Waals surface area contributed by atoms with Gasteiger partial charge in [0.05, 0.1) is 0 Å². The first-order valence-corrected chi connectivity index (χ1v) is 17.4. The van der Waals surface area contributed by atoms with Gasteiger partial charge in [-0.25, -0.2) is 0 Å². The molecule has 3 heteroatoms. The van der Waals surface area contributed by atoms with Crippen molar-refractivity contribution in [3.63, 3.8) is 0 Å². The first-order chi connectivity index (χ1) is 12.5. The summed E-state index contributed by atoms with van der Waals surface area (Å²) in [5.74, 6) is 0.528. The number of aryl methyl sites for hydroxylation is 2. The molecule has 26 heavy (non-hydrogen) atoms. The summed E-state index contributed by atoms with van der Waals surface area (Å²) in [6, 6.07) is 13.4. The Morgan fingerprint density at radius 3 is 2.42 bits per heavy atom. The molecule has 2 atom stereocenters. The van der Waals surface area contributed by atoms with Gasteiger partial charge in [0.15, 0.2) is 0 Å². The van der Waals surface area contributed by atoms with E-state index in [1.807, 2.05) is 0 Å². The minimum atomic E-state index is -2.47. The fraction of sp³-hybridized carbons (Fsp3) is 0.391. The molecule has 1 aliphatic rings. The Bertz CT molecular complexity index is 823. The fourth-order valence-corrected chi connectivity index (χ4v) is 9.67. The van der Waals surface area contributed by atoms with Crippen LogP contribution in [0.3, 0.4) is 0 Å². The summed E-state index contributed by atoms with van der Waals surface area (Å²) < 4.78 is 0.295. The summed E-state index contributed by atoms with van der Waals surface area (Å²) in [4.78, 5) is 0. The molecule has 3 rings (SSSR count). The summed E-state index contributed by atoms with van der Waals surface area (Å²) in [5.41, 5.74) is 9.74. The van der Waals surface area contributed by atoms with E-state index >= 15 is 0 Å². The molecule has 0 aliphatic heterocycles. The van der Waals surface area contributed by atoms with Gasteiger partial charge in [-0.2, -0.15) is 0 Å². The molecule has 0 amide bonds. The van der Waals surface area contributed by atoms with Crippen molar-refractivity contribution in [3.05, 3.63) is 64.2 Å². The molecule has 2 unspecified atom stereocenters. The van der Waals surface area contributed by atoms with Gasteiger partial charge in [0, 0.05) is 0 Å². The zero-order valence-corrected chi connectivity index (χ0v) is 20.0. The zero-order chi connectivity index (χ0) is 18.8. The van der Waals surface area contributed by atoms with Gasteiger partial charge in [-0.3, -0.25) is 0 Å². The van der Waals surface area contributed by atoms with Gasteiger partial charge in [0.2, 0.25) is 0 Å². The molecule has 0 nitrogen and oxygen atoms in total. The molecule has 0 N–H and O–H groups in total. The molecule has 0 saturated carbocycles. The number of fused-ring (bicyclic) bond motifs is 1. The number of allylic oxidation sites excluding steroid dienone is 1. The zero-order valence-electron chi connectivity index (χ0n) is 16.1. The van der Waals surface area contributed by atoms with Gasteiger partial charge >= 0.3 is 174 Å². The van der Waals surface area contributed by atoms with Gasteiger partial charge in [0.25, 0.3) is 0 Å². The molecule has 0 bridgehead atoms. The van der Waals surface area contributed by atoms with Crippen LogP contribution in [0, 0.1) is 12.8 Å². The molecule has 1 aliphatic carbocycles. The van der Waals surface area contributed by atoms with E-state index < -0.39 is 19.4 Å². The number of hydrogen-bond donors (Lipinski definition) is 0. The molecular formula is C23H27Cl2Zr. The van der Waals surface area contributed by atoms with Gasteiger partial charge in [-0.1, -0.05) is 0 Å². The predicted molar refractivity (Wildman–Crippen MR) is 112 cm³/mol. The van der Waals surface area contributed by atoms with Crippen molar-refractivity contribution in [1.82, 2.24) is 0 Å². The fourth-order valence-electron chi connectivity index (χ4n) is 4.07. The standard InChI is InChI=1S/C23H27.2ClH.Zr/c1-5-9-18-12-13-19-14-20(16(3)6-2)15-22(19)23(18)21-11-8-7-10-17(21)4;;;/h7-8,10-16H,5-6,9H2,1-4H3;2*1H;/q;;;+2/p-2. The van der Waals surface area contributed by atoms with Crippen LogP contribution in [0.25, 0.3) is 17.2 Å². The normalized spacial score (nSPS) is 17.0. The minimum absolute atomic E-state index is 0.295. The van der Waals surface area contributed by atoms with Crippen LogP contribution in [0.1, 0.15) is 59.5 Å². The monoisotopic (exact) mass is 463 g/mol. The summed E-state index contributed by atoms with van der Waals surface area (Å²) in [7, 11) is 13.3. The number of halogens is 2. The van der Waals surface area contributed by atoms with Crippen molar-refractivity contribution in [1.29, 1.82) is 0 Å².